The molecule has 6 heteroatoms. The van der Waals surface area contributed by atoms with Crippen molar-refractivity contribution in [3.05, 3.63) is 35.4 Å². The van der Waals surface area contributed by atoms with Crippen molar-refractivity contribution in [1.82, 2.24) is 4.90 Å². The van der Waals surface area contributed by atoms with E-state index < -0.39 is 0 Å². The summed E-state index contributed by atoms with van der Waals surface area (Å²) in [4.78, 5) is 6.30. The standard InChI is InChI=1S/C13H20N4O.HI/c14-13(15)16-7-10-3-1-2-4-11(10)8-17-6-5-12(18)9-17;/h1-4,12,18H,5-9H2,(H4,14,15,16);1H. The van der Waals surface area contributed by atoms with Crippen LogP contribution in [0.2, 0.25) is 0 Å². The van der Waals surface area contributed by atoms with Gasteiger partial charge in [0.05, 0.1) is 12.6 Å². The van der Waals surface area contributed by atoms with Crippen molar-refractivity contribution >= 4 is 29.9 Å². The minimum Gasteiger partial charge on any atom is -0.392 e. The number of hydrogen-bond acceptors (Lipinski definition) is 3. The maximum atomic E-state index is 9.53. The van der Waals surface area contributed by atoms with Crippen molar-refractivity contribution in [2.24, 2.45) is 16.5 Å². The minimum atomic E-state index is -0.185. The topological polar surface area (TPSA) is 87.9 Å². The number of aliphatic imine (C=N–C) groups is 1. The molecular weight excluding hydrogens is 355 g/mol. The molecule has 1 aliphatic heterocycles. The Bertz CT molecular complexity index is 434. The summed E-state index contributed by atoms with van der Waals surface area (Å²) in [7, 11) is 0. The van der Waals surface area contributed by atoms with E-state index in [2.05, 4.69) is 16.0 Å². The summed E-state index contributed by atoms with van der Waals surface area (Å²) in [5.41, 5.74) is 13.1. The maximum absolute atomic E-state index is 9.53. The first-order chi connectivity index (χ1) is 8.65. The normalized spacial score (nSPS) is 18.9. The van der Waals surface area contributed by atoms with Crippen molar-refractivity contribution in [2.75, 3.05) is 13.1 Å². The highest BCUT2D eigenvalue weighted by atomic mass is 127. The highest BCUT2D eigenvalue weighted by molar-refractivity contribution is 14.0. The van der Waals surface area contributed by atoms with Gasteiger partial charge in [0.1, 0.15) is 0 Å². The molecule has 1 heterocycles. The van der Waals surface area contributed by atoms with Crippen molar-refractivity contribution < 1.29 is 5.11 Å². The summed E-state index contributed by atoms with van der Waals surface area (Å²) in [6.07, 6.45) is 0.672. The van der Waals surface area contributed by atoms with Crippen LogP contribution in [-0.2, 0) is 13.1 Å². The van der Waals surface area contributed by atoms with E-state index >= 15 is 0 Å². The molecule has 0 spiro atoms. The van der Waals surface area contributed by atoms with E-state index in [-0.39, 0.29) is 36.0 Å². The summed E-state index contributed by atoms with van der Waals surface area (Å²) in [5.74, 6) is 0.112. The van der Waals surface area contributed by atoms with E-state index in [9.17, 15) is 5.11 Å². The fourth-order valence-corrected chi connectivity index (χ4v) is 2.24. The molecule has 0 radical (unpaired) electrons. The van der Waals surface area contributed by atoms with Crippen LogP contribution < -0.4 is 11.5 Å². The number of rotatable bonds is 4. The van der Waals surface area contributed by atoms with E-state index in [1.807, 2.05) is 18.2 Å². The van der Waals surface area contributed by atoms with Crippen molar-refractivity contribution in [1.29, 1.82) is 0 Å². The van der Waals surface area contributed by atoms with Gasteiger partial charge in [-0.15, -0.1) is 24.0 Å². The first-order valence-corrected chi connectivity index (χ1v) is 6.18. The zero-order chi connectivity index (χ0) is 13.0. The summed E-state index contributed by atoms with van der Waals surface area (Å²) in [6.45, 7) is 3.04. The Morgan fingerprint density at radius 1 is 1.32 bits per heavy atom. The molecule has 1 aromatic rings. The summed E-state index contributed by atoms with van der Waals surface area (Å²) < 4.78 is 0. The number of nitrogens with zero attached hydrogens (tertiary/aromatic N) is 2. The van der Waals surface area contributed by atoms with Gasteiger partial charge in [-0.05, 0) is 17.5 Å². The van der Waals surface area contributed by atoms with Crippen molar-refractivity contribution in [3.63, 3.8) is 0 Å². The third kappa shape index (κ3) is 4.96. The number of guanidine groups is 1. The van der Waals surface area contributed by atoms with E-state index in [1.165, 1.54) is 5.56 Å². The number of benzene rings is 1. The molecule has 0 aliphatic carbocycles. The van der Waals surface area contributed by atoms with Gasteiger partial charge < -0.3 is 16.6 Å². The lowest BCUT2D eigenvalue weighted by atomic mass is 10.1. The van der Waals surface area contributed by atoms with Gasteiger partial charge in [-0.25, -0.2) is 4.99 Å². The van der Waals surface area contributed by atoms with Gasteiger partial charge in [0.2, 0.25) is 0 Å². The molecule has 0 aromatic heterocycles. The highest BCUT2D eigenvalue weighted by Crippen LogP contribution is 2.17. The average molecular weight is 376 g/mol. The monoisotopic (exact) mass is 376 g/mol. The largest absolute Gasteiger partial charge is 0.392 e. The molecule has 1 fully saturated rings. The van der Waals surface area contributed by atoms with Gasteiger partial charge in [-0.3, -0.25) is 4.90 Å². The molecule has 2 rings (SSSR count). The molecule has 1 saturated heterocycles. The number of hydrogen-bond donors (Lipinski definition) is 3. The lowest BCUT2D eigenvalue weighted by Gasteiger charge is -2.17. The molecule has 0 amide bonds. The molecule has 5 nitrogen and oxygen atoms in total. The molecule has 5 N–H and O–H groups in total. The van der Waals surface area contributed by atoms with Gasteiger partial charge in [-0.2, -0.15) is 0 Å². The molecule has 19 heavy (non-hydrogen) atoms. The molecule has 1 aliphatic rings. The van der Waals surface area contributed by atoms with E-state index in [0.29, 0.717) is 6.54 Å². The third-order valence-corrected chi connectivity index (χ3v) is 3.19. The van der Waals surface area contributed by atoms with E-state index in [0.717, 1.165) is 31.6 Å². The Balaban J connectivity index is 0.00000180. The van der Waals surface area contributed by atoms with Crippen molar-refractivity contribution in [3.8, 4) is 0 Å². The number of nitrogens with two attached hydrogens (primary N) is 2. The van der Waals surface area contributed by atoms with Gasteiger partial charge >= 0.3 is 0 Å². The SMILES string of the molecule is I.NC(N)=NCc1ccccc1CN1CCC(O)C1. The Labute approximate surface area is 130 Å². The average Bonchev–Trinajstić information content (AvgIpc) is 2.73. The smallest absolute Gasteiger partial charge is 0.186 e. The third-order valence-electron chi connectivity index (χ3n) is 3.19. The second-order valence-corrected chi connectivity index (χ2v) is 4.69. The molecule has 1 unspecified atom stereocenters. The number of aliphatic hydroxyl groups excluding tert-OH is 1. The number of likely N-dealkylation sites (tertiary alicyclic amines) is 1. The number of halogens is 1. The summed E-state index contributed by atoms with van der Waals surface area (Å²) >= 11 is 0. The zero-order valence-electron chi connectivity index (χ0n) is 10.8. The molecule has 1 atom stereocenters. The second-order valence-electron chi connectivity index (χ2n) is 4.69. The number of aliphatic hydroxyl groups is 1. The minimum absolute atomic E-state index is 0. The predicted octanol–water partition coefficient (Wildman–Crippen LogP) is 0.645. The molecule has 106 valence electrons. The predicted molar refractivity (Wildman–Crippen MR) is 87.3 cm³/mol. The Hall–Kier alpha value is -0.860. The lowest BCUT2D eigenvalue weighted by molar-refractivity contribution is 0.174. The van der Waals surface area contributed by atoms with Gasteiger partial charge in [-0.1, -0.05) is 24.3 Å². The van der Waals surface area contributed by atoms with Crippen LogP contribution >= 0.6 is 24.0 Å². The van der Waals surface area contributed by atoms with Gasteiger partial charge in [0.15, 0.2) is 5.96 Å². The highest BCUT2D eigenvalue weighted by Gasteiger charge is 2.20. The summed E-state index contributed by atoms with van der Waals surface area (Å²) in [6, 6.07) is 8.12. The van der Waals surface area contributed by atoms with Gasteiger partial charge in [0, 0.05) is 19.6 Å². The fraction of sp³-hybridized carbons (Fsp3) is 0.462. The summed E-state index contributed by atoms with van der Waals surface area (Å²) in [5, 5.41) is 9.53. The van der Waals surface area contributed by atoms with Crippen LogP contribution in [0.5, 0.6) is 0 Å². The van der Waals surface area contributed by atoms with Crippen LogP contribution in [0, 0.1) is 0 Å². The molecule has 0 saturated carbocycles. The van der Waals surface area contributed by atoms with Crippen LogP contribution in [-0.4, -0.2) is 35.2 Å². The van der Waals surface area contributed by atoms with Crippen LogP contribution in [0.3, 0.4) is 0 Å². The van der Waals surface area contributed by atoms with Crippen LogP contribution in [0.4, 0.5) is 0 Å². The quantitative estimate of drug-likeness (QED) is 0.409. The Morgan fingerprint density at radius 3 is 2.58 bits per heavy atom. The van der Waals surface area contributed by atoms with E-state index in [4.69, 9.17) is 11.5 Å². The molecular formula is C13H21IN4O. The Morgan fingerprint density at radius 2 is 2.00 bits per heavy atom. The van der Waals surface area contributed by atoms with E-state index in [1.54, 1.807) is 0 Å². The first kappa shape index (κ1) is 16.2. The lowest BCUT2D eigenvalue weighted by Crippen LogP contribution is -2.23. The maximum Gasteiger partial charge on any atom is 0.186 e. The second kappa shape index (κ2) is 7.66. The van der Waals surface area contributed by atoms with Gasteiger partial charge in [0.25, 0.3) is 0 Å². The fourth-order valence-electron chi connectivity index (χ4n) is 2.24. The zero-order valence-corrected chi connectivity index (χ0v) is 13.2. The van der Waals surface area contributed by atoms with Crippen LogP contribution in [0.25, 0.3) is 0 Å². The number of β-amino-alcohol motifs (C(OH)–C–C–N with tert-alkyl or cyclic N) is 1. The molecule has 1 aromatic carbocycles. The van der Waals surface area contributed by atoms with Crippen molar-refractivity contribution in [2.45, 2.75) is 25.6 Å². The molecule has 0 bridgehead atoms. The van der Waals surface area contributed by atoms with Crippen LogP contribution in [0.15, 0.2) is 29.3 Å². The first-order valence-electron chi connectivity index (χ1n) is 6.18. The Kier molecular flexibility index (Phi) is 6.53. The van der Waals surface area contributed by atoms with Crippen LogP contribution in [0.1, 0.15) is 17.5 Å².